The van der Waals surface area contributed by atoms with Crippen molar-refractivity contribution in [1.29, 1.82) is 0 Å². The van der Waals surface area contributed by atoms with Crippen LogP contribution in [0.2, 0.25) is 5.02 Å². The molecule has 2 N–H and O–H groups in total. The molecule has 8 atom stereocenters. The number of epoxide rings is 1. The molecule has 4 rings (SSSR count). The minimum atomic E-state index is -1.82. The molecule has 276 valence electrons. The second-order valence-electron chi connectivity index (χ2n) is 13.4. The number of halogens is 1. The summed E-state index contributed by atoms with van der Waals surface area (Å²) in [5.41, 5.74) is -0.903. The summed E-state index contributed by atoms with van der Waals surface area (Å²) in [4.78, 5) is 55.6. The van der Waals surface area contributed by atoms with Gasteiger partial charge in [0.15, 0.2) is 5.72 Å². The van der Waals surface area contributed by atoms with Crippen LogP contribution in [0.1, 0.15) is 52.5 Å². The molecule has 4 bridgehead atoms. The minimum absolute atomic E-state index is 0.0489. The summed E-state index contributed by atoms with van der Waals surface area (Å²) in [7, 11) is 5.98. The Hall–Kier alpha value is -3.30. The van der Waals surface area contributed by atoms with Gasteiger partial charge >= 0.3 is 12.1 Å². The second kappa shape index (κ2) is 15.9. The van der Waals surface area contributed by atoms with E-state index in [9.17, 15) is 24.3 Å². The number of benzene rings is 1. The molecule has 2 fully saturated rings. The summed E-state index contributed by atoms with van der Waals surface area (Å²) >= 11 is 10.8. The van der Waals surface area contributed by atoms with Crippen LogP contribution in [0.15, 0.2) is 35.9 Å². The number of fused-ring (bicyclic) bond motifs is 5. The lowest BCUT2D eigenvalue weighted by molar-refractivity contribution is -0.161. The van der Waals surface area contributed by atoms with Gasteiger partial charge in [0.1, 0.15) is 40.7 Å². The number of nitrogens with one attached hydrogen (secondary N) is 1. The fourth-order valence-corrected chi connectivity index (χ4v) is 6.99. The standard InChI is InChI=1S/C35H48ClN3O10S/c1-19-10-9-11-26(46-8)35(44)18-25(47-33(43)37-35)20(2)31-34(4,49-31)27(48-32(42)21(3)38(5)28(40)12-13-50)17-29(41)39(6)23-15-22(14-19)16-24(45-7)30(23)36/h9-11,15-16,20-21,25-27,31,44,50H,12-14,17-18H2,1-8H3,(H,37,43)/b11-9+,19-10+/t20-,21-,25+,26-,27?,31?,34?,35+/m1/s1. The van der Waals surface area contributed by atoms with E-state index in [1.54, 1.807) is 45.2 Å². The number of likely N-dealkylation sites (N-methyl/N-ethyl adjacent to an activating group) is 1. The number of carbonyl (C=O) groups excluding carboxylic acids is 4. The number of thiol groups is 1. The number of amides is 3. The minimum Gasteiger partial charge on any atom is -0.495 e. The maximum atomic E-state index is 14.0. The van der Waals surface area contributed by atoms with Gasteiger partial charge in [-0.1, -0.05) is 42.3 Å². The average Bonchev–Trinajstić information content (AvgIpc) is 3.76. The van der Waals surface area contributed by atoms with Crippen molar-refractivity contribution in [1.82, 2.24) is 10.2 Å². The number of aliphatic hydroxyl groups is 1. The van der Waals surface area contributed by atoms with Gasteiger partial charge in [0.25, 0.3) is 0 Å². The molecule has 0 saturated carbocycles. The zero-order valence-corrected chi connectivity index (χ0v) is 31.4. The van der Waals surface area contributed by atoms with Crippen LogP contribution in [0.3, 0.4) is 0 Å². The maximum Gasteiger partial charge on any atom is 0.409 e. The highest BCUT2D eigenvalue weighted by Crippen LogP contribution is 2.49. The highest BCUT2D eigenvalue weighted by Gasteiger charge is 2.64. The predicted octanol–water partition coefficient (Wildman–Crippen LogP) is 3.83. The van der Waals surface area contributed by atoms with Gasteiger partial charge in [-0.3, -0.25) is 14.9 Å². The van der Waals surface area contributed by atoms with Crippen molar-refractivity contribution in [2.24, 2.45) is 5.92 Å². The first-order valence-electron chi connectivity index (χ1n) is 16.4. The summed E-state index contributed by atoms with van der Waals surface area (Å²) in [6.45, 7) is 6.96. The summed E-state index contributed by atoms with van der Waals surface area (Å²) in [6.07, 6.45) is 1.08. The van der Waals surface area contributed by atoms with Gasteiger partial charge in [0.05, 0.1) is 25.3 Å². The van der Waals surface area contributed by atoms with Crippen molar-refractivity contribution >= 4 is 53.8 Å². The second-order valence-corrected chi connectivity index (χ2v) is 14.2. The average molecular weight is 738 g/mol. The molecule has 3 aliphatic heterocycles. The first kappa shape index (κ1) is 39.5. The van der Waals surface area contributed by atoms with Crippen molar-refractivity contribution in [2.45, 2.75) is 95.2 Å². The number of anilines is 1. The van der Waals surface area contributed by atoms with Crippen molar-refractivity contribution in [2.75, 3.05) is 39.0 Å². The molecule has 15 heteroatoms. The fraction of sp³-hybridized carbons (Fsp3) is 0.600. The topological polar surface area (TPSA) is 156 Å². The van der Waals surface area contributed by atoms with Crippen LogP contribution in [0.5, 0.6) is 5.75 Å². The molecule has 2 saturated heterocycles. The number of allylic oxidation sites excluding steroid dienone is 3. The van der Waals surface area contributed by atoms with Crippen molar-refractivity contribution in [3.63, 3.8) is 0 Å². The molecule has 0 aromatic heterocycles. The van der Waals surface area contributed by atoms with E-state index in [-0.39, 0.29) is 30.2 Å². The van der Waals surface area contributed by atoms with E-state index in [0.29, 0.717) is 23.6 Å². The molecule has 13 nitrogen and oxygen atoms in total. The Bertz CT molecular complexity index is 1540. The molecule has 1 aromatic rings. The van der Waals surface area contributed by atoms with Gasteiger partial charge in [0.2, 0.25) is 11.8 Å². The third kappa shape index (κ3) is 8.42. The van der Waals surface area contributed by atoms with Crippen LogP contribution in [0.25, 0.3) is 0 Å². The van der Waals surface area contributed by atoms with Gasteiger partial charge in [-0.15, -0.1) is 0 Å². The third-order valence-electron chi connectivity index (χ3n) is 9.85. The number of hydrogen-bond acceptors (Lipinski definition) is 11. The number of methoxy groups -OCH3 is 2. The van der Waals surface area contributed by atoms with Crippen LogP contribution in [-0.4, -0.2) is 110 Å². The van der Waals surface area contributed by atoms with Crippen LogP contribution < -0.4 is 15.0 Å². The Labute approximate surface area is 303 Å². The lowest BCUT2D eigenvalue weighted by atomic mass is 9.83. The van der Waals surface area contributed by atoms with E-state index in [1.165, 1.54) is 38.0 Å². The van der Waals surface area contributed by atoms with E-state index in [4.69, 9.17) is 35.3 Å². The van der Waals surface area contributed by atoms with E-state index < -0.39 is 65.7 Å². The number of alkyl carbamates (subject to hydrolysis) is 1. The molecule has 0 aliphatic carbocycles. The van der Waals surface area contributed by atoms with Gasteiger partial charge < -0.3 is 38.6 Å². The molecule has 50 heavy (non-hydrogen) atoms. The van der Waals surface area contributed by atoms with Crippen molar-refractivity contribution < 1.29 is 48.0 Å². The Morgan fingerprint density at radius 3 is 2.62 bits per heavy atom. The summed E-state index contributed by atoms with van der Waals surface area (Å²) < 4.78 is 29.0. The Kier molecular flexibility index (Phi) is 12.6. The van der Waals surface area contributed by atoms with E-state index in [0.717, 1.165) is 11.1 Å². The molecule has 3 amide bonds. The molecule has 0 radical (unpaired) electrons. The summed E-state index contributed by atoms with van der Waals surface area (Å²) in [5, 5.41) is 14.4. The lowest BCUT2D eigenvalue weighted by Gasteiger charge is -2.42. The molecule has 3 unspecified atom stereocenters. The van der Waals surface area contributed by atoms with E-state index >= 15 is 0 Å². The van der Waals surface area contributed by atoms with Crippen molar-refractivity contribution in [3.8, 4) is 5.75 Å². The smallest absolute Gasteiger partial charge is 0.409 e. The van der Waals surface area contributed by atoms with E-state index in [2.05, 4.69) is 17.9 Å². The first-order chi connectivity index (χ1) is 23.5. The van der Waals surface area contributed by atoms with Gasteiger partial charge in [-0.05, 0) is 50.6 Å². The van der Waals surface area contributed by atoms with Crippen LogP contribution in [-0.2, 0) is 39.8 Å². The predicted molar refractivity (Wildman–Crippen MR) is 189 cm³/mol. The SMILES string of the molecule is COc1cc2cc(c1Cl)N(C)C(=O)CC(OC(=O)[C@@H](C)N(C)C(=O)CCS)C1(C)OC1[C@H](C)[C@@H]1C[C@@](O)(NC(=O)O1)[C@H](OC)/C=C/C=C(\C)C2. The lowest BCUT2D eigenvalue weighted by Crippen LogP contribution is -2.63. The van der Waals surface area contributed by atoms with Crippen LogP contribution >= 0.6 is 24.2 Å². The maximum absolute atomic E-state index is 14.0. The van der Waals surface area contributed by atoms with Crippen LogP contribution in [0, 0.1) is 5.92 Å². The normalized spacial score (nSPS) is 32.3. The molecule has 3 aliphatic rings. The first-order valence-corrected chi connectivity index (χ1v) is 17.5. The summed E-state index contributed by atoms with van der Waals surface area (Å²) in [6, 6.07) is 2.60. The Morgan fingerprint density at radius 1 is 1.28 bits per heavy atom. The number of rotatable bonds is 7. The molecular formula is C35H48ClN3O10S. The van der Waals surface area contributed by atoms with Gasteiger partial charge in [0, 0.05) is 40.0 Å². The Balaban J connectivity index is 1.78. The fourth-order valence-electron chi connectivity index (χ4n) is 6.49. The molecule has 3 heterocycles. The van der Waals surface area contributed by atoms with Crippen molar-refractivity contribution in [3.05, 3.63) is 46.5 Å². The summed E-state index contributed by atoms with van der Waals surface area (Å²) in [5.74, 6) is -1.30. The molecule has 1 aromatic carbocycles. The molecular weight excluding hydrogens is 690 g/mol. The third-order valence-corrected chi connectivity index (χ3v) is 10.5. The number of carbonyl (C=O) groups is 4. The zero-order valence-electron chi connectivity index (χ0n) is 29.7. The number of hydrogen-bond donors (Lipinski definition) is 3. The van der Waals surface area contributed by atoms with Gasteiger partial charge in [-0.2, -0.15) is 12.6 Å². The quantitative estimate of drug-likeness (QED) is 0.214. The highest BCUT2D eigenvalue weighted by atomic mass is 35.5. The Morgan fingerprint density at radius 2 is 1.98 bits per heavy atom. The van der Waals surface area contributed by atoms with E-state index in [1.807, 2.05) is 13.0 Å². The molecule has 0 spiro atoms. The number of nitrogens with zero attached hydrogens (tertiary/aromatic N) is 2. The number of ether oxygens (including phenoxy) is 5. The van der Waals surface area contributed by atoms with Crippen LogP contribution in [0.4, 0.5) is 10.5 Å². The largest absolute Gasteiger partial charge is 0.495 e. The zero-order chi connectivity index (χ0) is 37.1. The monoisotopic (exact) mass is 737 g/mol. The number of esters is 1. The van der Waals surface area contributed by atoms with Gasteiger partial charge in [-0.25, -0.2) is 9.59 Å². The highest BCUT2D eigenvalue weighted by molar-refractivity contribution is 7.80.